The molecule has 1 aromatic heterocycles. The minimum Gasteiger partial charge on any atom is -0.475 e. The number of furan rings is 1. The lowest BCUT2D eigenvalue weighted by molar-refractivity contribution is 0.0658. The summed E-state index contributed by atoms with van der Waals surface area (Å²) in [5.74, 6) is -1.38. The molecule has 98 valence electrons. The van der Waals surface area contributed by atoms with Crippen LogP contribution >= 0.6 is 0 Å². The van der Waals surface area contributed by atoms with Gasteiger partial charge in [-0.3, -0.25) is 4.79 Å². The molecule has 2 rings (SSSR count). The van der Waals surface area contributed by atoms with E-state index in [0.29, 0.717) is 12.5 Å². The van der Waals surface area contributed by atoms with Crippen LogP contribution in [0.1, 0.15) is 34.0 Å². The van der Waals surface area contributed by atoms with Gasteiger partial charge in [0, 0.05) is 7.11 Å². The molecule has 18 heavy (non-hydrogen) atoms. The van der Waals surface area contributed by atoms with Gasteiger partial charge in [0.25, 0.3) is 5.91 Å². The van der Waals surface area contributed by atoms with E-state index in [-0.39, 0.29) is 17.6 Å². The monoisotopic (exact) mass is 253 g/mol. The number of amides is 1. The van der Waals surface area contributed by atoms with Gasteiger partial charge in [0.2, 0.25) is 5.76 Å². The molecule has 0 aromatic carbocycles. The number of carboxylic acids is 1. The fourth-order valence-electron chi connectivity index (χ4n) is 1.79. The zero-order valence-corrected chi connectivity index (χ0v) is 10.0. The van der Waals surface area contributed by atoms with E-state index in [1.165, 1.54) is 12.1 Å². The van der Waals surface area contributed by atoms with Crippen molar-refractivity contribution in [3.8, 4) is 0 Å². The van der Waals surface area contributed by atoms with Crippen LogP contribution in [-0.2, 0) is 4.74 Å². The predicted octanol–water partition coefficient (Wildman–Crippen LogP) is 1.13. The van der Waals surface area contributed by atoms with Crippen LogP contribution in [0.5, 0.6) is 0 Å². The number of ether oxygens (including phenoxy) is 1. The molecule has 0 bridgehead atoms. The first-order chi connectivity index (χ1) is 8.61. The first kappa shape index (κ1) is 12.6. The van der Waals surface area contributed by atoms with Crippen molar-refractivity contribution >= 4 is 11.9 Å². The zero-order valence-electron chi connectivity index (χ0n) is 10.0. The summed E-state index contributed by atoms with van der Waals surface area (Å²) in [5.41, 5.74) is 0. The van der Waals surface area contributed by atoms with Crippen LogP contribution in [-0.4, -0.2) is 36.7 Å². The second-order valence-corrected chi connectivity index (χ2v) is 4.34. The van der Waals surface area contributed by atoms with Gasteiger partial charge >= 0.3 is 5.97 Å². The molecule has 1 amide bonds. The van der Waals surface area contributed by atoms with E-state index in [2.05, 4.69) is 5.32 Å². The molecule has 1 heterocycles. The van der Waals surface area contributed by atoms with Crippen LogP contribution in [0.4, 0.5) is 0 Å². The summed E-state index contributed by atoms with van der Waals surface area (Å²) in [6.07, 6.45) is 2.15. The Bertz CT molecular complexity index is 449. The highest BCUT2D eigenvalue weighted by atomic mass is 16.5. The van der Waals surface area contributed by atoms with Gasteiger partial charge in [-0.1, -0.05) is 0 Å². The summed E-state index contributed by atoms with van der Waals surface area (Å²) < 4.78 is 9.98. The molecule has 0 spiro atoms. The number of methoxy groups -OCH3 is 1. The Labute approximate surface area is 104 Å². The fourth-order valence-corrected chi connectivity index (χ4v) is 1.79. The third kappa shape index (κ3) is 2.89. The smallest absolute Gasteiger partial charge is 0.371 e. The molecule has 1 atom stereocenters. The zero-order chi connectivity index (χ0) is 13.1. The van der Waals surface area contributed by atoms with Crippen molar-refractivity contribution in [3.05, 3.63) is 23.7 Å². The molecule has 1 fully saturated rings. The molecule has 1 aliphatic rings. The van der Waals surface area contributed by atoms with Gasteiger partial charge in [0.1, 0.15) is 0 Å². The number of carboxylic acid groups (broad SMARTS) is 1. The lowest BCUT2D eigenvalue weighted by Gasteiger charge is -2.16. The Morgan fingerprint density at radius 3 is 2.67 bits per heavy atom. The SMILES string of the molecule is COCC(NC(=O)c1ccc(C(=O)O)o1)C1CC1. The first-order valence-electron chi connectivity index (χ1n) is 5.74. The summed E-state index contributed by atoms with van der Waals surface area (Å²) in [5, 5.41) is 11.5. The Balaban J connectivity index is 1.98. The molecule has 0 radical (unpaired) electrons. The summed E-state index contributed by atoms with van der Waals surface area (Å²) in [6, 6.07) is 2.58. The summed E-state index contributed by atoms with van der Waals surface area (Å²) >= 11 is 0. The van der Waals surface area contributed by atoms with Crippen molar-refractivity contribution in [2.24, 2.45) is 5.92 Å². The van der Waals surface area contributed by atoms with Crippen LogP contribution in [0, 0.1) is 5.92 Å². The molecule has 0 saturated heterocycles. The van der Waals surface area contributed by atoms with Gasteiger partial charge in [-0.15, -0.1) is 0 Å². The third-order valence-corrected chi connectivity index (χ3v) is 2.89. The first-order valence-corrected chi connectivity index (χ1v) is 5.74. The van der Waals surface area contributed by atoms with Crippen LogP contribution < -0.4 is 5.32 Å². The van der Waals surface area contributed by atoms with Crippen LogP contribution in [0.25, 0.3) is 0 Å². The highest BCUT2D eigenvalue weighted by Crippen LogP contribution is 2.32. The third-order valence-electron chi connectivity index (χ3n) is 2.89. The van der Waals surface area contributed by atoms with Crippen LogP contribution in [0.2, 0.25) is 0 Å². The number of carbonyl (C=O) groups is 2. The number of hydrogen-bond acceptors (Lipinski definition) is 4. The van der Waals surface area contributed by atoms with Crippen molar-refractivity contribution in [1.82, 2.24) is 5.32 Å². The Morgan fingerprint density at radius 1 is 1.50 bits per heavy atom. The van der Waals surface area contributed by atoms with E-state index in [9.17, 15) is 9.59 Å². The van der Waals surface area contributed by atoms with Crippen LogP contribution in [0.3, 0.4) is 0 Å². The number of rotatable bonds is 6. The molecule has 2 N–H and O–H groups in total. The van der Waals surface area contributed by atoms with Crippen molar-refractivity contribution in [2.45, 2.75) is 18.9 Å². The molecule has 0 aliphatic heterocycles. The largest absolute Gasteiger partial charge is 0.475 e. The van der Waals surface area contributed by atoms with E-state index in [1.54, 1.807) is 7.11 Å². The minimum absolute atomic E-state index is 0.00848. The maximum absolute atomic E-state index is 11.8. The highest BCUT2D eigenvalue weighted by molar-refractivity contribution is 5.93. The van der Waals surface area contributed by atoms with Gasteiger partial charge in [-0.05, 0) is 30.9 Å². The van der Waals surface area contributed by atoms with Crippen LogP contribution in [0.15, 0.2) is 16.5 Å². The van der Waals surface area contributed by atoms with Gasteiger partial charge in [0.05, 0.1) is 12.6 Å². The molecule has 6 heteroatoms. The summed E-state index contributed by atoms with van der Waals surface area (Å²) in [4.78, 5) is 22.5. The molecular formula is C12H15NO5. The Morgan fingerprint density at radius 2 is 2.17 bits per heavy atom. The molecule has 1 aromatic rings. The second kappa shape index (κ2) is 5.22. The van der Waals surface area contributed by atoms with E-state index < -0.39 is 11.9 Å². The number of nitrogens with one attached hydrogen (secondary N) is 1. The van der Waals surface area contributed by atoms with Crippen molar-refractivity contribution in [2.75, 3.05) is 13.7 Å². The lowest BCUT2D eigenvalue weighted by Crippen LogP contribution is -2.39. The highest BCUT2D eigenvalue weighted by Gasteiger charge is 2.32. The summed E-state index contributed by atoms with van der Waals surface area (Å²) in [6.45, 7) is 0.447. The van der Waals surface area contributed by atoms with Gasteiger partial charge in [0.15, 0.2) is 5.76 Å². The maximum atomic E-state index is 11.8. The average molecular weight is 253 g/mol. The quantitative estimate of drug-likeness (QED) is 0.793. The molecule has 1 saturated carbocycles. The van der Waals surface area contributed by atoms with Crippen molar-refractivity contribution in [1.29, 1.82) is 0 Å². The average Bonchev–Trinajstić information content (AvgIpc) is 3.04. The molecule has 1 unspecified atom stereocenters. The summed E-state index contributed by atoms with van der Waals surface area (Å²) in [7, 11) is 1.58. The number of hydrogen-bond donors (Lipinski definition) is 2. The lowest BCUT2D eigenvalue weighted by atomic mass is 10.2. The topological polar surface area (TPSA) is 88.8 Å². The fraction of sp³-hybridized carbons (Fsp3) is 0.500. The predicted molar refractivity (Wildman–Crippen MR) is 61.5 cm³/mol. The Kier molecular flexibility index (Phi) is 3.66. The normalized spacial score (nSPS) is 16.3. The molecule has 6 nitrogen and oxygen atoms in total. The van der Waals surface area contributed by atoms with Gasteiger partial charge in [-0.25, -0.2) is 4.79 Å². The standard InChI is InChI=1S/C12H15NO5/c1-17-6-8(7-2-3-7)13-11(14)9-4-5-10(18-9)12(15)16/h4-5,7-8H,2-3,6H2,1H3,(H,13,14)(H,15,16). The minimum atomic E-state index is -1.19. The Hall–Kier alpha value is -1.82. The van der Waals surface area contributed by atoms with E-state index in [1.807, 2.05) is 0 Å². The maximum Gasteiger partial charge on any atom is 0.371 e. The van der Waals surface area contributed by atoms with Gasteiger partial charge in [-0.2, -0.15) is 0 Å². The number of carbonyl (C=O) groups excluding carboxylic acids is 1. The molecular weight excluding hydrogens is 238 g/mol. The van der Waals surface area contributed by atoms with Gasteiger partial charge < -0.3 is 19.6 Å². The van der Waals surface area contributed by atoms with E-state index in [0.717, 1.165) is 12.8 Å². The molecule has 1 aliphatic carbocycles. The second-order valence-electron chi connectivity index (χ2n) is 4.34. The van der Waals surface area contributed by atoms with Crippen molar-refractivity contribution in [3.63, 3.8) is 0 Å². The van der Waals surface area contributed by atoms with E-state index >= 15 is 0 Å². The number of aromatic carboxylic acids is 1. The van der Waals surface area contributed by atoms with Crippen molar-refractivity contribution < 1.29 is 23.8 Å². The van der Waals surface area contributed by atoms with E-state index in [4.69, 9.17) is 14.3 Å².